The summed E-state index contributed by atoms with van der Waals surface area (Å²) in [6, 6.07) is 3.85. The molecule has 0 aliphatic heterocycles. The largest absolute Gasteiger partial charge is 0.365 e. The highest BCUT2D eigenvalue weighted by molar-refractivity contribution is 6.28. The van der Waals surface area contributed by atoms with Crippen LogP contribution in [0.2, 0.25) is 5.28 Å². The molecule has 0 saturated heterocycles. The molecule has 2 aromatic heterocycles. The summed E-state index contributed by atoms with van der Waals surface area (Å²) in [5, 5.41) is 10.4. The van der Waals surface area contributed by atoms with Crippen LogP contribution in [0, 0.1) is 0 Å². The summed E-state index contributed by atoms with van der Waals surface area (Å²) >= 11 is 5.59. The molecule has 0 bridgehead atoms. The smallest absolute Gasteiger partial charge is 0.244 e. The Bertz CT molecular complexity index is 434. The Balaban J connectivity index is 1.99. The van der Waals surface area contributed by atoms with Crippen LogP contribution in [0.5, 0.6) is 0 Å². The summed E-state index contributed by atoms with van der Waals surface area (Å²) < 4.78 is 0. The molecule has 6 heteroatoms. The fraction of sp³-hybridized carbons (Fsp3) is 0.111. The molecule has 0 spiro atoms. The average Bonchev–Trinajstić information content (AvgIpc) is 2.28. The molecule has 0 atom stereocenters. The van der Waals surface area contributed by atoms with E-state index in [-0.39, 0.29) is 5.28 Å². The summed E-state index contributed by atoms with van der Waals surface area (Å²) in [5.74, 6) is 0.596. The van der Waals surface area contributed by atoms with Gasteiger partial charge in [-0.05, 0) is 23.2 Å². The van der Waals surface area contributed by atoms with Crippen molar-refractivity contribution in [3.8, 4) is 0 Å². The van der Waals surface area contributed by atoms with Gasteiger partial charge in [0, 0.05) is 18.9 Å². The van der Waals surface area contributed by atoms with E-state index in [0.29, 0.717) is 12.4 Å². The first-order chi connectivity index (χ1) is 7.34. The van der Waals surface area contributed by atoms with Gasteiger partial charge in [0.15, 0.2) is 0 Å². The van der Waals surface area contributed by atoms with Crippen LogP contribution in [0.3, 0.4) is 0 Å². The molecule has 5 nitrogen and oxygen atoms in total. The first kappa shape index (κ1) is 9.79. The Labute approximate surface area is 91.6 Å². The van der Waals surface area contributed by atoms with Crippen molar-refractivity contribution in [2.45, 2.75) is 6.54 Å². The Kier molecular flexibility index (Phi) is 3.04. The molecule has 0 fully saturated rings. The highest BCUT2D eigenvalue weighted by Gasteiger charge is 1.97. The van der Waals surface area contributed by atoms with Gasteiger partial charge in [-0.2, -0.15) is 10.1 Å². The zero-order valence-electron chi connectivity index (χ0n) is 7.76. The van der Waals surface area contributed by atoms with Crippen LogP contribution in [0.4, 0.5) is 5.82 Å². The summed E-state index contributed by atoms with van der Waals surface area (Å²) in [4.78, 5) is 7.95. The van der Waals surface area contributed by atoms with Crippen LogP contribution in [0.25, 0.3) is 0 Å². The number of hydrogen-bond acceptors (Lipinski definition) is 5. The zero-order chi connectivity index (χ0) is 10.5. The first-order valence-electron chi connectivity index (χ1n) is 4.32. The van der Waals surface area contributed by atoms with Crippen LogP contribution >= 0.6 is 11.6 Å². The molecule has 1 N–H and O–H groups in total. The van der Waals surface area contributed by atoms with Crippen molar-refractivity contribution < 1.29 is 0 Å². The predicted octanol–water partition coefficient (Wildman–Crippen LogP) is 1.53. The molecule has 2 rings (SSSR count). The van der Waals surface area contributed by atoms with Gasteiger partial charge < -0.3 is 5.32 Å². The van der Waals surface area contributed by atoms with E-state index in [1.807, 2.05) is 12.1 Å². The van der Waals surface area contributed by atoms with Gasteiger partial charge in [0.2, 0.25) is 5.28 Å². The lowest BCUT2D eigenvalue weighted by Crippen LogP contribution is -2.02. The van der Waals surface area contributed by atoms with Crippen LogP contribution in [-0.4, -0.2) is 20.2 Å². The summed E-state index contributed by atoms with van der Waals surface area (Å²) in [6.07, 6.45) is 5.03. The SMILES string of the molecule is Clc1nncc(NCc2cccnc2)n1. The molecule has 15 heavy (non-hydrogen) atoms. The molecule has 0 radical (unpaired) electrons. The third-order valence-corrected chi connectivity index (χ3v) is 1.89. The van der Waals surface area contributed by atoms with E-state index in [2.05, 4.69) is 25.5 Å². The fourth-order valence-electron chi connectivity index (χ4n) is 1.06. The van der Waals surface area contributed by atoms with E-state index in [4.69, 9.17) is 11.6 Å². The number of aromatic nitrogens is 4. The second-order valence-electron chi connectivity index (χ2n) is 2.83. The predicted molar refractivity (Wildman–Crippen MR) is 56.4 cm³/mol. The van der Waals surface area contributed by atoms with E-state index in [1.54, 1.807) is 12.4 Å². The minimum Gasteiger partial charge on any atom is -0.365 e. The maximum absolute atomic E-state index is 5.59. The molecule has 0 saturated carbocycles. The molecule has 0 aliphatic rings. The third-order valence-electron chi connectivity index (χ3n) is 1.73. The molecule has 0 aromatic carbocycles. The molecular formula is C9H8ClN5. The van der Waals surface area contributed by atoms with Gasteiger partial charge in [-0.15, -0.1) is 5.10 Å². The molecule has 2 aromatic rings. The molecule has 0 aliphatic carbocycles. The van der Waals surface area contributed by atoms with Crippen molar-refractivity contribution >= 4 is 17.4 Å². The molecule has 0 amide bonds. The van der Waals surface area contributed by atoms with E-state index in [0.717, 1.165) is 5.56 Å². The first-order valence-corrected chi connectivity index (χ1v) is 4.70. The fourth-order valence-corrected chi connectivity index (χ4v) is 1.20. The lowest BCUT2D eigenvalue weighted by atomic mass is 10.3. The van der Waals surface area contributed by atoms with Crippen molar-refractivity contribution in [1.29, 1.82) is 0 Å². The number of nitrogens with zero attached hydrogens (tertiary/aromatic N) is 4. The summed E-state index contributed by atoms with van der Waals surface area (Å²) in [5.41, 5.74) is 1.06. The molecule has 2 heterocycles. The van der Waals surface area contributed by atoms with E-state index >= 15 is 0 Å². The van der Waals surface area contributed by atoms with Gasteiger partial charge >= 0.3 is 0 Å². The van der Waals surface area contributed by atoms with E-state index in [9.17, 15) is 0 Å². The van der Waals surface area contributed by atoms with Crippen molar-refractivity contribution in [1.82, 2.24) is 20.2 Å². The Morgan fingerprint density at radius 1 is 1.33 bits per heavy atom. The Morgan fingerprint density at radius 3 is 3.00 bits per heavy atom. The number of halogens is 1. The normalized spacial score (nSPS) is 9.93. The van der Waals surface area contributed by atoms with Gasteiger partial charge in [0.1, 0.15) is 5.82 Å². The van der Waals surface area contributed by atoms with Crippen LogP contribution in [0.15, 0.2) is 30.7 Å². The lowest BCUT2D eigenvalue weighted by Gasteiger charge is -2.03. The van der Waals surface area contributed by atoms with Crippen molar-refractivity contribution in [3.63, 3.8) is 0 Å². The zero-order valence-corrected chi connectivity index (χ0v) is 8.52. The third kappa shape index (κ3) is 2.85. The van der Waals surface area contributed by atoms with Crippen molar-refractivity contribution in [2.24, 2.45) is 0 Å². The van der Waals surface area contributed by atoms with Crippen molar-refractivity contribution in [2.75, 3.05) is 5.32 Å². The summed E-state index contributed by atoms with van der Waals surface area (Å²) in [6.45, 7) is 0.628. The number of nitrogens with one attached hydrogen (secondary N) is 1. The topological polar surface area (TPSA) is 63.6 Å². The highest BCUT2D eigenvalue weighted by atomic mass is 35.5. The van der Waals surface area contributed by atoms with Gasteiger partial charge in [-0.25, -0.2) is 0 Å². The number of hydrogen-bond donors (Lipinski definition) is 1. The van der Waals surface area contributed by atoms with Gasteiger partial charge in [0.25, 0.3) is 0 Å². The molecule has 76 valence electrons. The van der Waals surface area contributed by atoms with Crippen LogP contribution in [0.1, 0.15) is 5.56 Å². The van der Waals surface area contributed by atoms with E-state index in [1.165, 1.54) is 6.20 Å². The Hall–Kier alpha value is -1.75. The number of rotatable bonds is 3. The van der Waals surface area contributed by atoms with Crippen LogP contribution in [-0.2, 0) is 6.54 Å². The second-order valence-corrected chi connectivity index (χ2v) is 3.16. The molecular weight excluding hydrogens is 214 g/mol. The van der Waals surface area contributed by atoms with Gasteiger partial charge in [-0.3, -0.25) is 4.98 Å². The quantitative estimate of drug-likeness (QED) is 0.852. The Morgan fingerprint density at radius 2 is 2.27 bits per heavy atom. The van der Waals surface area contributed by atoms with Gasteiger partial charge in [0.05, 0.1) is 6.20 Å². The number of anilines is 1. The monoisotopic (exact) mass is 221 g/mol. The average molecular weight is 222 g/mol. The standard InChI is InChI=1S/C9H8ClN5/c10-9-14-8(6-13-15-9)12-5-7-2-1-3-11-4-7/h1-4,6H,5H2,(H,12,14,15). The summed E-state index contributed by atoms with van der Waals surface area (Å²) in [7, 11) is 0. The lowest BCUT2D eigenvalue weighted by molar-refractivity contribution is 0.956. The minimum absolute atomic E-state index is 0.131. The maximum Gasteiger partial charge on any atom is 0.244 e. The van der Waals surface area contributed by atoms with E-state index < -0.39 is 0 Å². The second kappa shape index (κ2) is 4.65. The minimum atomic E-state index is 0.131. The van der Waals surface area contributed by atoms with Gasteiger partial charge in [-0.1, -0.05) is 6.07 Å². The van der Waals surface area contributed by atoms with Crippen LogP contribution < -0.4 is 5.32 Å². The number of pyridine rings is 1. The van der Waals surface area contributed by atoms with Crippen molar-refractivity contribution in [3.05, 3.63) is 41.6 Å². The maximum atomic E-state index is 5.59. The molecule has 0 unspecified atom stereocenters. The highest BCUT2D eigenvalue weighted by Crippen LogP contribution is 2.05.